The number of nitrogens with zero attached hydrogens (tertiary/aromatic N) is 3. The first kappa shape index (κ1) is 13.6. The van der Waals surface area contributed by atoms with Crippen molar-refractivity contribution in [2.45, 2.75) is 19.4 Å². The van der Waals surface area contributed by atoms with Crippen LogP contribution in [0.1, 0.15) is 30.6 Å². The summed E-state index contributed by atoms with van der Waals surface area (Å²) in [4.78, 5) is 12.8. The number of rotatable bonds is 5. The molecular formula is C17H18N4. The quantitative estimate of drug-likeness (QED) is 0.779. The fraction of sp³-hybridized carbons (Fsp3) is 0.235. The monoisotopic (exact) mass is 278 g/mol. The summed E-state index contributed by atoms with van der Waals surface area (Å²) in [6.45, 7) is 3.09. The Balaban J connectivity index is 2.10. The summed E-state index contributed by atoms with van der Waals surface area (Å²) in [6, 6.07) is 10.3. The average Bonchev–Trinajstić information content (AvgIpc) is 2.56. The van der Waals surface area contributed by atoms with E-state index in [1.165, 1.54) is 5.39 Å². The van der Waals surface area contributed by atoms with Crippen LogP contribution in [0.5, 0.6) is 0 Å². The molecule has 0 aliphatic rings. The molecule has 4 heteroatoms. The van der Waals surface area contributed by atoms with E-state index in [0.717, 1.165) is 29.6 Å². The molecule has 3 aromatic rings. The Morgan fingerprint density at radius 1 is 1.10 bits per heavy atom. The molecule has 0 saturated heterocycles. The molecule has 0 radical (unpaired) electrons. The minimum absolute atomic E-state index is 0.0338. The molecule has 21 heavy (non-hydrogen) atoms. The molecule has 0 spiro atoms. The number of hydrogen-bond acceptors (Lipinski definition) is 4. The van der Waals surface area contributed by atoms with E-state index in [1.807, 2.05) is 24.5 Å². The average molecular weight is 278 g/mol. The Hall–Kier alpha value is -2.33. The number of benzene rings is 1. The lowest BCUT2D eigenvalue weighted by Crippen LogP contribution is -2.24. The fourth-order valence-corrected chi connectivity index (χ4v) is 2.50. The van der Waals surface area contributed by atoms with Gasteiger partial charge in [-0.15, -0.1) is 0 Å². The minimum atomic E-state index is 0.0338. The highest BCUT2D eigenvalue weighted by Gasteiger charge is 2.17. The van der Waals surface area contributed by atoms with E-state index in [-0.39, 0.29) is 6.04 Å². The van der Waals surface area contributed by atoms with Crippen LogP contribution in [0.2, 0.25) is 0 Å². The lowest BCUT2D eigenvalue weighted by molar-refractivity contribution is 0.587. The second-order valence-electron chi connectivity index (χ2n) is 4.97. The number of aromatic nitrogens is 3. The maximum atomic E-state index is 4.41. The van der Waals surface area contributed by atoms with Crippen molar-refractivity contribution >= 4 is 10.8 Å². The zero-order chi connectivity index (χ0) is 14.5. The first-order valence-corrected chi connectivity index (χ1v) is 7.22. The first-order valence-electron chi connectivity index (χ1n) is 7.22. The summed E-state index contributed by atoms with van der Waals surface area (Å²) in [5.74, 6) is 0. The van der Waals surface area contributed by atoms with E-state index in [2.05, 4.69) is 45.4 Å². The van der Waals surface area contributed by atoms with E-state index < -0.39 is 0 Å². The van der Waals surface area contributed by atoms with Crippen molar-refractivity contribution in [3.8, 4) is 0 Å². The van der Waals surface area contributed by atoms with Gasteiger partial charge in [-0.3, -0.25) is 4.98 Å². The van der Waals surface area contributed by atoms with Gasteiger partial charge >= 0.3 is 0 Å². The molecule has 2 aromatic heterocycles. The Kier molecular flexibility index (Phi) is 4.17. The van der Waals surface area contributed by atoms with E-state index in [9.17, 15) is 0 Å². The van der Waals surface area contributed by atoms with Gasteiger partial charge in [-0.05, 0) is 24.4 Å². The largest absolute Gasteiger partial charge is 0.305 e. The minimum Gasteiger partial charge on any atom is -0.305 e. The molecule has 106 valence electrons. The predicted molar refractivity (Wildman–Crippen MR) is 83.9 cm³/mol. The Bertz CT molecular complexity index is 707. The highest BCUT2D eigenvalue weighted by molar-refractivity contribution is 5.85. The summed E-state index contributed by atoms with van der Waals surface area (Å²) in [5, 5.41) is 5.92. The second-order valence-corrected chi connectivity index (χ2v) is 4.97. The van der Waals surface area contributed by atoms with Gasteiger partial charge in [0.25, 0.3) is 0 Å². The lowest BCUT2D eigenvalue weighted by Gasteiger charge is -2.19. The molecule has 3 rings (SSSR count). The molecule has 0 bridgehead atoms. The maximum Gasteiger partial charge on any atom is 0.115 e. The van der Waals surface area contributed by atoms with Gasteiger partial charge in [0, 0.05) is 29.5 Å². The summed E-state index contributed by atoms with van der Waals surface area (Å²) in [6.07, 6.45) is 8.27. The topological polar surface area (TPSA) is 50.7 Å². The summed E-state index contributed by atoms with van der Waals surface area (Å²) >= 11 is 0. The van der Waals surface area contributed by atoms with Gasteiger partial charge in [0.05, 0.1) is 11.7 Å². The van der Waals surface area contributed by atoms with Gasteiger partial charge in [-0.1, -0.05) is 31.2 Å². The molecule has 0 amide bonds. The van der Waals surface area contributed by atoms with E-state index in [0.29, 0.717) is 0 Å². The predicted octanol–water partition coefficient (Wildman–Crippen LogP) is 3.11. The van der Waals surface area contributed by atoms with Crippen LogP contribution in [-0.2, 0) is 0 Å². The Morgan fingerprint density at radius 2 is 2.00 bits per heavy atom. The maximum absolute atomic E-state index is 4.41. The lowest BCUT2D eigenvalue weighted by atomic mass is 9.99. The van der Waals surface area contributed by atoms with Crippen LogP contribution in [0.15, 0.2) is 55.2 Å². The molecule has 0 aliphatic carbocycles. The Morgan fingerprint density at radius 3 is 2.81 bits per heavy atom. The number of nitrogens with one attached hydrogen (secondary N) is 1. The molecule has 1 unspecified atom stereocenters. The SMILES string of the molecule is CCCNC(c1ccncn1)c1cncc2ccccc12. The summed E-state index contributed by atoms with van der Waals surface area (Å²) in [5.41, 5.74) is 2.12. The molecule has 0 saturated carbocycles. The summed E-state index contributed by atoms with van der Waals surface area (Å²) in [7, 11) is 0. The summed E-state index contributed by atoms with van der Waals surface area (Å²) < 4.78 is 0. The van der Waals surface area contributed by atoms with E-state index in [1.54, 1.807) is 12.5 Å². The highest BCUT2D eigenvalue weighted by atomic mass is 15.0. The van der Waals surface area contributed by atoms with Crippen molar-refractivity contribution in [2.75, 3.05) is 6.54 Å². The smallest absolute Gasteiger partial charge is 0.115 e. The molecule has 1 N–H and O–H groups in total. The van der Waals surface area contributed by atoms with Gasteiger partial charge in [0.15, 0.2) is 0 Å². The molecule has 4 nitrogen and oxygen atoms in total. The van der Waals surface area contributed by atoms with E-state index in [4.69, 9.17) is 0 Å². The molecule has 0 aliphatic heterocycles. The van der Waals surface area contributed by atoms with Crippen LogP contribution in [-0.4, -0.2) is 21.5 Å². The molecular weight excluding hydrogens is 260 g/mol. The van der Waals surface area contributed by atoms with Crippen molar-refractivity contribution in [1.82, 2.24) is 20.3 Å². The van der Waals surface area contributed by atoms with Crippen LogP contribution in [0, 0.1) is 0 Å². The molecule has 0 fully saturated rings. The standard InChI is InChI=1S/C17H18N4/c1-2-8-20-17(16-7-9-18-12-21-16)15-11-19-10-13-5-3-4-6-14(13)15/h3-7,9-12,17,20H,2,8H2,1H3. The van der Waals surface area contributed by atoms with Gasteiger partial charge in [0.1, 0.15) is 6.33 Å². The van der Waals surface area contributed by atoms with Crippen molar-refractivity contribution in [1.29, 1.82) is 0 Å². The van der Waals surface area contributed by atoms with Crippen molar-refractivity contribution in [3.63, 3.8) is 0 Å². The van der Waals surface area contributed by atoms with Crippen molar-refractivity contribution in [2.24, 2.45) is 0 Å². The normalized spacial score (nSPS) is 12.4. The van der Waals surface area contributed by atoms with Crippen molar-refractivity contribution in [3.05, 3.63) is 66.5 Å². The van der Waals surface area contributed by atoms with Crippen molar-refractivity contribution < 1.29 is 0 Å². The zero-order valence-electron chi connectivity index (χ0n) is 12.0. The van der Waals surface area contributed by atoms with Gasteiger partial charge < -0.3 is 5.32 Å². The van der Waals surface area contributed by atoms with Crippen LogP contribution >= 0.6 is 0 Å². The van der Waals surface area contributed by atoms with E-state index >= 15 is 0 Å². The number of pyridine rings is 1. The third-order valence-corrected chi connectivity index (χ3v) is 3.51. The zero-order valence-corrected chi connectivity index (χ0v) is 12.0. The Labute approximate surface area is 124 Å². The highest BCUT2D eigenvalue weighted by Crippen LogP contribution is 2.26. The van der Waals surface area contributed by atoms with Crippen LogP contribution < -0.4 is 5.32 Å². The van der Waals surface area contributed by atoms with Crippen LogP contribution in [0.3, 0.4) is 0 Å². The third-order valence-electron chi connectivity index (χ3n) is 3.51. The van der Waals surface area contributed by atoms with Crippen LogP contribution in [0.25, 0.3) is 10.8 Å². The first-order chi connectivity index (χ1) is 10.4. The molecule has 1 atom stereocenters. The fourth-order valence-electron chi connectivity index (χ4n) is 2.50. The number of hydrogen-bond donors (Lipinski definition) is 1. The second kappa shape index (κ2) is 6.41. The molecule has 1 aromatic carbocycles. The van der Waals surface area contributed by atoms with Gasteiger partial charge in [0.2, 0.25) is 0 Å². The van der Waals surface area contributed by atoms with Gasteiger partial charge in [-0.2, -0.15) is 0 Å². The molecule has 2 heterocycles. The third kappa shape index (κ3) is 2.90. The van der Waals surface area contributed by atoms with Crippen LogP contribution in [0.4, 0.5) is 0 Å². The number of fused-ring (bicyclic) bond motifs is 1. The van der Waals surface area contributed by atoms with Gasteiger partial charge in [-0.25, -0.2) is 9.97 Å².